The number of carbonyl (C=O) groups excluding carboxylic acids is 1. The largest absolute Gasteiger partial charge is 0.415 e. The van der Waals surface area contributed by atoms with Gasteiger partial charge in [-0.15, -0.1) is 0 Å². The first kappa shape index (κ1) is 12.9. The number of nitrogens with zero attached hydrogens (tertiary/aromatic N) is 1. The van der Waals surface area contributed by atoms with Gasteiger partial charge in [0.25, 0.3) is 0 Å². The Morgan fingerprint density at radius 2 is 1.83 bits per heavy atom. The quantitative estimate of drug-likeness (QED) is 0.892. The predicted molar refractivity (Wildman–Crippen MR) is 70.6 cm³/mol. The Morgan fingerprint density at radius 3 is 2.44 bits per heavy atom. The van der Waals surface area contributed by atoms with Gasteiger partial charge >= 0.3 is 6.09 Å². The first-order chi connectivity index (χ1) is 8.79. The Bertz CT molecular complexity index is 383. The lowest BCUT2D eigenvalue weighted by Crippen LogP contribution is -2.37. The van der Waals surface area contributed by atoms with Crippen LogP contribution in [-0.4, -0.2) is 30.6 Å². The minimum Gasteiger partial charge on any atom is -0.410 e. The van der Waals surface area contributed by atoms with Crippen LogP contribution in [0.2, 0.25) is 0 Å². The molecular formula is C14H20N2O2. The Hall–Kier alpha value is -1.55. The molecule has 4 nitrogen and oxygen atoms in total. The molecule has 0 spiro atoms. The molecule has 1 amide bonds. The lowest BCUT2D eigenvalue weighted by atomic mass is 10.1. The number of rotatable bonds is 3. The predicted octanol–water partition coefficient (Wildman–Crippen LogP) is 2.17. The summed E-state index contributed by atoms with van der Waals surface area (Å²) in [6.07, 6.45) is 3.97. The third-order valence-corrected chi connectivity index (χ3v) is 3.18. The second-order valence-corrected chi connectivity index (χ2v) is 4.60. The molecule has 4 heteroatoms. The third kappa shape index (κ3) is 3.47. The molecule has 98 valence electrons. The number of hydrogen-bond donors (Lipinski definition) is 1. The lowest BCUT2D eigenvalue weighted by molar-refractivity contribution is 0.142. The summed E-state index contributed by atoms with van der Waals surface area (Å²) in [5.41, 5.74) is 6.65. The number of hydrogen-bond acceptors (Lipinski definition) is 3. The Balaban J connectivity index is 1.89. The molecule has 18 heavy (non-hydrogen) atoms. The van der Waals surface area contributed by atoms with E-state index in [1.165, 1.54) is 6.42 Å². The number of amides is 1. The van der Waals surface area contributed by atoms with Crippen molar-refractivity contribution in [3.8, 4) is 5.75 Å². The fourth-order valence-corrected chi connectivity index (χ4v) is 2.13. The van der Waals surface area contributed by atoms with Gasteiger partial charge in [0, 0.05) is 13.1 Å². The van der Waals surface area contributed by atoms with E-state index >= 15 is 0 Å². The van der Waals surface area contributed by atoms with Crippen LogP contribution in [0, 0.1) is 0 Å². The average molecular weight is 248 g/mol. The third-order valence-electron chi connectivity index (χ3n) is 3.18. The van der Waals surface area contributed by atoms with Crippen molar-refractivity contribution in [3.63, 3.8) is 0 Å². The monoisotopic (exact) mass is 248 g/mol. The minimum atomic E-state index is -0.235. The fraction of sp³-hybridized carbons (Fsp3) is 0.500. The summed E-state index contributed by atoms with van der Waals surface area (Å²) in [5.74, 6) is 0.603. The van der Waals surface area contributed by atoms with Gasteiger partial charge in [-0.25, -0.2) is 4.79 Å². The maximum absolute atomic E-state index is 11.9. The highest BCUT2D eigenvalue weighted by atomic mass is 16.6. The maximum Gasteiger partial charge on any atom is 0.415 e. The van der Waals surface area contributed by atoms with E-state index in [1.54, 1.807) is 4.90 Å². The molecule has 1 aliphatic heterocycles. The number of likely N-dealkylation sites (tertiary alicyclic amines) is 1. The molecule has 1 fully saturated rings. The van der Waals surface area contributed by atoms with Gasteiger partial charge in [0.05, 0.1) is 0 Å². The highest BCUT2D eigenvalue weighted by molar-refractivity contribution is 5.70. The van der Waals surface area contributed by atoms with Crippen molar-refractivity contribution in [1.29, 1.82) is 0 Å². The van der Waals surface area contributed by atoms with Gasteiger partial charge in [0.15, 0.2) is 0 Å². The number of ether oxygens (including phenoxy) is 1. The van der Waals surface area contributed by atoms with Crippen molar-refractivity contribution in [2.24, 2.45) is 5.73 Å². The van der Waals surface area contributed by atoms with Crippen molar-refractivity contribution in [3.05, 3.63) is 29.8 Å². The zero-order valence-corrected chi connectivity index (χ0v) is 10.6. The standard InChI is InChI=1S/C14H20N2O2/c15-9-8-12-4-6-13(7-5-12)18-14(17)16-10-2-1-3-11-16/h4-7H,1-3,8-11,15H2. The van der Waals surface area contributed by atoms with E-state index in [-0.39, 0.29) is 6.09 Å². The zero-order valence-electron chi connectivity index (χ0n) is 10.6. The maximum atomic E-state index is 11.9. The van der Waals surface area contributed by atoms with Crippen LogP contribution >= 0.6 is 0 Å². The Morgan fingerprint density at radius 1 is 1.17 bits per heavy atom. The average Bonchev–Trinajstić information content (AvgIpc) is 2.42. The first-order valence-corrected chi connectivity index (χ1v) is 6.55. The molecule has 0 aromatic heterocycles. The van der Waals surface area contributed by atoms with Crippen LogP contribution < -0.4 is 10.5 Å². The van der Waals surface area contributed by atoms with Crippen LogP contribution in [0.5, 0.6) is 5.75 Å². The molecule has 1 aromatic carbocycles. The Kier molecular flexibility index (Phi) is 4.59. The molecule has 0 saturated carbocycles. The molecule has 0 bridgehead atoms. The molecule has 1 saturated heterocycles. The zero-order chi connectivity index (χ0) is 12.8. The lowest BCUT2D eigenvalue weighted by Gasteiger charge is -2.25. The summed E-state index contributed by atoms with van der Waals surface area (Å²) < 4.78 is 5.34. The van der Waals surface area contributed by atoms with Crippen LogP contribution in [0.3, 0.4) is 0 Å². The second-order valence-electron chi connectivity index (χ2n) is 4.60. The van der Waals surface area contributed by atoms with E-state index in [0.29, 0.717) is 12.3 Å². The first-order valence-electron chi connectivity index (χ1n) is 6.55. The van der Waals surface area contributed by atoms with Crippen molar-refractivity contribution in [2.45, 2.75) is 25.7 Å². The fourth-order valence-electron chi connectivity index (χ4n) is 2.13. The SMILES string of the molecule is NCCc1ccc(OC(=O)N2CCCCC2)cc1. The summed E-state index contributed by atoms with van der Waals surface area (Å²) in [7, 11) is 0. The normalized spacial score (nSPS) is 15.5. The molecule has 1 aromatic rings. The van der Waals surface area contributed by atoms with E-state index in [0.717, 1.165) is 37.9 Å². The molecule has 1 heterocycles. The Labute approximate surface area is 108 Å². The molecule has 0 atom stereocenters. The van der Waals surface area contributed by atoms with Crippen LogP contribution in [-0.2, 0) is 6.42 Å². The van der Waals surface area contributed by atoms with Gasteiger partial charge in [0.2, 0.25) is 0 Å². The summed E-state index contributed by atoms with van der Waals surface area (Å²) >= 11 is 0. The molecule has 2 rings (SSSR count). The van der Waals surface area contributed by atoms with E-state index < -0.39 is 0 Å². The van der Waals surface area contributed by atoms with Crippen molar-refractivity contribution in [1.82, 2.24) is 4.90 Å². The van der Waals surface area contributed by atoms with Gasteiger partial charge < -0.3 is 15.4 Å². The van der Waals surface area contributed by atoms with Crippen molar-refractivity contribution in [2.75, 3.05) is 19.6 Å². The molecule has 0 aliphatic carbocycles. The number of carbonyl (C=O) groups is 1. The molecule has 0 radical (unpaired) electrons. The summed E-state index contributed by atoms with van der Waals surface area (Å²) in [6, 6.07) is 7.55. The van der Waals surface area contributed by atoms with Gasteiger partial charge in [-0.1, -0.05) is 12.1 Å². The van der Waals surface area contributed by atoms with E-state index in [4.69, 9.17) is 10.5 Å². The summed E-state index contributed by atoms with van der Waals surface area (Å²) in [6.45, 7) is 2.25. The topological polar surface area (TPSA) is 55.6 Å². The number of nitrogens with two attached hydrogens (primary N) is 1. The smallest absolute Gasteiger partial charge is 0.410 e. The van der Waals surface area contributed by atoms with Gasteiger partial charge in [0.1, 0.15) is 5.75 Å². The summed E-state index contributed by atoms with van der Waals surface area (Å²) in [4.78, 5) is 13.6. The van der Waals surface area contributed by atoms with Crippen molar-refractivity contribution >= 4 is 6.09 Å². The van der Waals surface area contributed by atoms with Crippen molar-refractivity contribution < 1.29 is 9.53 Å². The number of piperidine rings is 1. The number of benzene rings is 1. The molecule has 0 unspecified atom stereocenters. The van der Waals surface area contributed by atoms with Crippen LogP contribution in [0.15, 0.2) is 24.3 Å². The second kappa shape index (κ2) is 6.40. The van der Waals surface area contributed by atoms with Crippen LogP contribution in [0.4, 0.5) is 4.79 Å². The highest BCUT2D eigenvalue weighted by Crippen LogP contribution is 2.15. The van der Waals surface area contributed by atoms with E-state index in [2.05, 4.69) is 0 Å². The molecular weight excluding hydrogens is 228 g/mol. The van der Waals surface area contributed by atoms with Gasteiger partial charge in [-0.2, -0.15) is 0 Å². The summed E-state index contributed by atoms with van der Waals surface area (Å²) in [5, 5.41) is 0. The van der Waals surface area contributed by atoms with Gasteiger partial charge in [-0.05, 0) is 49.9 Å². The molecule has 2 N–H and O–H groups in total. The van der Waals surface area contributed by atoms with E-state index in [9.17, 15) is 4.79 Å². The van der Waals surface area contributed by atoms with Crippen LogP contribution in [0.1, 0.15) is 24.8 Å². The molecule has 1 aliphatic rings. The van der Waals surface area contributed by atoms with Crippen LogP contribution in [0.25, 0.3) is 0 Å². The van der Waals surface area contributed by atoms with Gasteiger partial charge in [-0.3, -0.25) is 0 Å². The van der Waals surface area contributed by atoms with E-state index in [1.807, 2.05) is 24.3 Å². The highest BCUT2D eigenvalue weighted by Gasteiger charge is 2.18. The minimum absolute atomic E-state index is 0.235.